The van der Waals surface area contributed by atoms with Crippen LogP contribution in [-0.2, 0) is 6.54 Å². The highest BCUT2D eigenvalue weighted by molar-refractivity contribution is 9.10. The Morgan fingerprint density at radius 2 is 2.19 bits per heavy atom. The topological polar surface area (TPSA) is 52.5 Å². The maximum atomic E-state index is 9.76. The second-order valence-corrected chi connectivity index (χ2v) is 4.75. The van der Waals surface area contributed by atoms with Crippen molar-refractivity contribution in [1.29, 1.82) is 0 Å². The van der Waals surface area contributed by atoms with Gasteiger partial charge in [0.15, 0.2) is 0 Å². The highest BCUT2D eigenvalue weighted by Gasteiger charge is 2.06. The summed E-state index contributed by atoms with van der Waals surface area (Å²) in [5, 5.41) is 21.8. The van der Waals surface area contributed by atoms with Gasteiger partial charge in [-0.2, -0.15) is 0 Å². The molecule has 0 saturated heterocycles. The van der Waals surface area contributed by atoms with Crippen molar-refractivity contribution in [3.63, 3.8) is 0 Å². The highest BCUT2D eigenvalue weighted by atomic mass is 79.9. The molecule has 16 heavy (non-hydrogen) atoms. The lowest BCUT2D eigenvalue weighted by molar-refractivity contribution is 0.276. The van der Waals surface area contributed by atoms with E-state index in [-0.39, 0.29) is 6.61 Å². The molecule has 0 spiro atoms. The molecule has 0 aliphatic carbocycles. The molecule has 0 aliphatic heterocycles. The molecular formula is C12H18BrNO2. The molecule has 90 valence electrons. The smallest absolute Gasteiger partial charge is 0.134 e. The fraction of sp³-hybridized carbons (Fsp3) is 0.500. The summed E-state index contributed by atoms with van der Waals surface area (Å²) in [4.78, 5) is 0. The molecule has 0 radical (unpaired) electrons. The maximum absolute atomic E-state index is 9.76. The molecule has 0 fully saturated rings. The molecule has 0 aromatic heterocycles. The largest absolute Gasteiger partial charge is 0.506 e. The zero-order chi connectivity index (χ0) is 12.0. The van der Waals surface area contributed by atoms with Crippen LogP contribution < -0.4 is 5.32 Å². The Morgan fingerprint density at radius 1 is 1.44 bits per heavy atom. The fourth-order valence-electron chi connectivity index (χ4n) is 1.49. The highest BCUT2D eigenvalue weighted by Crippen LogP contribution is 2.27. The van der Waals surface area contributed by atoms with Crippen molar-refractivity contribution in [3.05, 3.63) is 28.2 Å². The minimum atomic E-state index is 0.230. The van der Waals surface area contributed by atoms with Gasteiger partial charge in [0.2, 0.25) is 0 Å². The zero-order valence-electron chi connectivity index (χ0n) is 9.41. The van der Waals surface area contributed by atoms with E-state index in [0.717, 1.165) is 22.9 Å². The lowest BCUT2D eigenvalue weighted by Gasteiger charge is -2.14. The van der Waals surface area contributed by atoms with E-state index >= 15 is 0 Å². The molecule has 0 bridgehead atoms. The molecule has 4 heteroatoms. The van der Waals surface area contributed by atoms with Crippen LogP contribution in [0, 0.1) is 0 Å². The van der Waals surface area contributed by atoms with Crippen LogP contribution in [0.2, 0.25) is 0 Å². The van der Waals surface area contributed by atoms with Gasteiger partial charge in [-0.05, 0) is 41.8 Å². The first-order chi connectivity index (χ1) is 7.65. The number of halogens is 1. The number of aliphatic hydroxyl groups excluding tert-OH is 1. The summed E-state index contributed by atoms with van der Waals surface area (Å²) in [5.41, 5.74) is 0.880. The molecule has 0 amide bonds. The van der Waals surface area contributed by atoms with E-state index in [2.05, 4.69) is 28.2 Å². The molecule has 1 aromatic rings. The average molecular weight is 288 g/mol. The van der Waals surface area contributed by atoms with Crippen molar-refractivity contribution in [3.8, 4) is 5.75 Å². The quantitative estimate of drug-likeness (QED) is 0.753. The molecule has 1 aromatic carbocycles. The van der Waals surface area contributed by atoms with Gasteiger partial charge in [-0.25, -0.2) is 0 Å². The van der Waals surface area contributed by atoms with Gasteiger partial charge in [-0.15, -0.1) is 0 Å². The third kappa shape index (κ3) is 4.12. The van der Waals surface area contributed by atoms with Gasteiger partial charge in [-0.1, -0.05) is 12.1 Å². The summed E-state index contributed by atoms with van der Waals surface area (Å²) in [6.45, 7) is 2.94. The summed E-state index contributed by atoms with van der Waals surface area (Å²) in [6, 6.07) is 5.95. The van der Waals surface area contributed by atoms with Crippen LogP contribution in [0.1, 0.15) is 25.3 Å². The first-order valence-corrected chi connectivity index (χ1v) is 6.25. The predicted octanol–water partition coefficient (Wildman–Crippen LogP) is 2.41. The maximum Gasteiger partial charge on any atom is 0.134 e. The van der Waals surface area contributed by atoms with E-state index in [1.807, 2.05) is 18.2 Å². The van der Waals surface area contributed by atoms with Gasteiger partial charge < -0.3 is 15.5 Å². The monoisotopic (exact) mass is 287 g/mol. The fourth-order valence-corrected chi connectivity index (χ4v) is 1.89. The summed E-state index contributed by atoms with van der Waals surface area (Å²) in [5.74, 6) is 0.296. The molecule has 1 unspecified atom stereocenters. The number of phenolic OH excluding ortho intramolecular Hbond substituents is 1. The van der Waals surface area contributed by atoms with Crippen molar-refractivity contribution >= 4 is 15.9 Å². The number of rotatable bonds is 6. The molecule has 1 rings (SSSR count). The van der Waals surface area contributed by atoms with Crippen LogP contribution in [-0.4, -0.2) is 22.9 Å². The number of aromatic hydroxyl groups is 1. The molecule has 0 saturated carbocycles. The van der Waals surface area contributed by atoms with Crippen LogP contribution in [0.4, 0.5) is 0 Å². The second-order valence-electron chi connectivity index (χ2n) is 3.90. The first-order valence-electron chi connectivity index (χ1n) is 5.45. The zero-order valence-corrected chi connectivity index (χ0v) is 11.0. The van der Waals surface area contributed by atoms with Gasteiger partial charge >= 0.3 is 0 Å². The summed E-state index contributed by atoms with van der Waals surface area (Å²) >= 11 is 3.28. The van der Waals surface area contributed by atoms with E-state index in [9.17, 15) is 5.11 Å². The van der Waals surface area contributed by atoms with Crippen molar-refractivity contribution < 1.29 is 10.2 Å². The van der Waals surface area contributed by atoms with Crippen molar-refractivity contribution in [1.82, 2.24) is 5.32 Å². The standard InChI is InChI=1S/C12H18BrNO2/c1-9(4-3-7-15)14-8-10-5-2-6-11(13)12(10)16/h2,5-6,9,14-16H,3-4,7-8H2,1H3. The van der Waals surface area contributed by atoms with E-state index in [1.54, 1.807) is 0 Å². The lowest BCUT2D eigenvalue weighted by atomic mass is 10.1. The third-order valence-corrected chi connectivity index (χ3v) is 3.15. The minimum Gasteiger partial charge on any atom is -0.506 e. The van der Waals surface area contributed by atoms with Gasteiger partial charge in [0.25, 0.3) is 0 Å². The van der Waals surface area contributed by atoms with Crippen LogP contribution in [0.5, 0.6) is 5.75 Å². The molecular weight excluding hydrogens is 270 g/mol. The van der Waals surface area contributed by atoms with Crippen LogP contribution in [0.15, 0.2) is 22.7 Å². The number of aliphatic hydroxyl groups is 1. The number of para-hydroxylation sites is 1. The van der Waals surface area contributed by atoms with Crippen LogP contribution >= 0.6 is 15.9 Å². The van der Waals surface area contributed by atoms with Gasteiger partial charge in [0, 0.05) is 24.8 Å². The molecule has 3 nitrogen and oxygen atoms in total. The van der Waals surface area contributed by atoms with Gasteiger partial charge in [0.05, 0.1) is 4.47 Å². The van der Waals surface area contributed by atoms with E-state index in [0.29, 0.717) is 18.3 Å². The minimum absolute atomic E-state index is 0.230. The van der Waals surface area contributed by atoms with Gasteiger partial charge in [0.1, 0.15) is 5.75 Å². The molecule has 0 heterocycles. The number of hydrogen-bond donors (Lipinski definition) is 3. The lowest BCUT2D eigenvalue weighted by Crippen LogP contribution is -2.25. The van der Waals surface area contributed by atoms with Crippen molar-refractivity contribution in [2.45, 2.75) is 32.4 Å². The molecule has 3 N–H and O–H groups in total. The number of hydrogen-bond acceptors (Lipinski definition) is 3. The van der Waals surface area contributed by atoms with Crippen molar-refractivity contribution in [2.24, 2.45) is 0 Å². The first kappa shape index (κ1) is 13.5. The molecule has 0 aliphatic rings. The number of phenols is 1. The summed E-state index contributed by atoms with van der Waals surface area (Å²) < 4.78 is 0.717. The average Bonchev–Trinajstić information content (AvgIpc) is 2.28. The Labute approximate surface area is 105 Å². The predicted molar refractivity (Wildman–Crippen MR) is 68.4 cm³/mol. The van der Waals surface area contributed by atoms with E-state index in [1.165, 1.54) is 0 Å². The third-order valence-electron chi connectivity index (χ3n) is 2.51. The normalized spacial score (nSPS) is 12.7. The van der Waals surface area contributed by atoms with Gasteiger partial charge in [-0.3, -0.25) is 0 Å². The Balaban J connectivity index is 2.45. The number of nitrogens with one attached hydrogen (secondary N) is 1. The van der Waals surface area contributed by atoms with Crippen LogP contribution in [0.25, 0.3) is 0 Å². The Morgan fingerprint density at radius 3 is 2.88 bits per heavy atom. The SMILES string of the molecule is CC(CCCO)NCc1cccc(Br)c1O. The second kappa shape index (κ2) is 6.89. The van der Waals surface area contributed by atoms with E-state index in [4.69, 9.17) is 5.11 Å². The summed E-state index contributed by atoms with van der Waals surface area (Å²) in [7, 11) is 0. The Hall–Kier alpha value is -0.580. The van der Waals surface area contributed by atoms with Crippen LogP contribution in [0.3, 0.4) is 0 Å². The molecule has 1 atom stereocenters. The van der Waals surface area contributed by atoms with Crippen molar-refractivity contribution in [2.75, 3.05) is 6.61 Å². The summed E-state index contributed by atoms with van der Waals surface area (Å²) in [6.07, 6.45) is 1.74. The van der Waals surface area contributed by atoms with E-state index < -0.39 is 0 Å². The Bertz CT molecular complexity index is 331. The Kier molecular flexibility index (Phi) is 5.80. The number of benzene rings is 1.